The maximum absolute atomic E-state index is 12.6. The van der Waals surface area contributed by atoms with Crippen LogP contribution in [-0.4, -0.2) is 38.8 Å². The monoisotopic (exact) mass is 482 g/mol. The van der Waals surface area contributed by atoms with E-state index < -0.39 is 26.8 Å². The van der Waals surface area contributed by atoms with Crippen molar-refractivity contribution >= 4 is 56.0 Å². The molecule has 0 spiro atoms. The Morgan fingerprint density at radius 1 is 1.19 bits per heavy atom. The number of carbonyl (C=O) groups excluding carboxylic acids is 1. The molecule has 1 aliphatic rings. The molecular formula is C17H12Cl2N6O5S. The Labute approximate surface area is 184 Å². The van der Waals surface area contributed by atoms with Crippen LogP contribution in [0.15, 0.2) is 47.6 Å². The van der Waals surface area contributed by atoms with E-state index in [1.54, 1.807) is 16.7 Å². The number of rotatable bonds is 5. The van der Waals surface area contributed by atoms with Crippen LogP contribution in [0.3, 0.4) is 0 Å². The van der Waals surface area contributed by atoms with Gasteiger partial charge in [0.05, 0.1) is 28.1 Å². The van der Waals surface area contributed by atoms with Crippen molar-refractivity contribution in [3.63, 3.8) is 0 Å². The number of carbonyl (C=O) groups is 1. The summed E-state index contributed by atoms with van der Waals surface area (Å²) in [6.45, 7) is 0. The van der Waals surface area contributed by atoms with Crippen molar-refractivity contribution in [3.05, 3.63) is 63.3 Å². The standard InChI is InChI=1S/C17H12Cl2N6O5S/c18-14-13-15(22-17(19)21-14)24(8-20-13)11-2-1-9(7-11)16(26)23-31(29,30)12-5-3-10(4-6-12)25(27)28/h1-6,8-9,11H,7H2,(H,23,26)/t9-,11+/m1/s1. The SMILES string of the molecule is O=C(NS(=O)(=O)c1ccc([N+](=O)[O-])cc1)[C@@H]1C=C[C@H](n2cnc3c(Cl)nc(Cl)nc32)C1. The minimum absolute atomic E-state index is 0.0512. The van der Waals surface area contributed by atoms with Crippen molar-refractivity contribution in [1.82, 2.24) is 24.2 Å². The van der Waals surface area contributed by atoms with E-state index in [2.05, 4.69) is 15.0 Å². The lowest BCUT2D eigenvalue weighted by Crippen LogP contribution is -2.34. The molecule has 2 atom stereocenters. The number of nitrogens with zero attached hydrogens (tertiary/aromatic N) is 5. The van der Waals surface area contributed by atoms with Gasteiger partial charge in [0.2, 0.25) is 11.2 Å². The molecule has 1 amide bonds. The second-order valence-electron chi connectivity index (χ2n) is 6.62. The molecular weight excluding hydrogens is 471 g/mol. The molecule has 31 heavy (non-hydrogen) atoms. The number of halogens is 2. The maximum Gasteiger partial charge on any atom is 0.269 e. The van der Waals surface area contributed by atoms with Gasteiger partial charge >= 0.3 is 0 Å². The van der Waals surface area contributed by atoms with Gasteiger partial charge in [0.1, 0.15) is 5.52 Å². The molecule has 4 rings (SSSR count). The Balaban J connectivity index is 1.49. The van der Waals surface area contributed by atoms with Crippen LogP contribution >= 0.6 is 23.2 Å². The van der Waals surface area contributed by atoms with Gasteiger partial charge in [-0.25, -0.2) is 23.1 Å². The molecule has 0 fully saturated rings. The highest BCUT2D eigenvalue weighted by Gasteiger charge is 2.30. The molecule has 14 heteroatoms. The van der Waals surface area contributed by atoms with Crippen molar-refractivity contribution in [1.29, 1.82) is 0 Å². The molecule has 11 nitrogen and oxygen atoms in total. The number of nitrogens with one attached hydrogen (secondary N) is 1. The molecule has 0 bridgehead atoms. The van der Waals surface area contributed by atoms with E-state index in [0.717, 1.165) is 24.3 Å². The number of amides is 1. The highest BCUT2D eigenvalue weighted by molar-refractivity contribution is 7.90. The van der Waals surface area contributed by atoms with Crippen molar-refractivity contribution in [3.8, 4) is 0 Å². The number of aromatic nitrogens is 4. The van der Waals surface area contributed by atoms with E-state index >= 15 is 0 Å². The second-order valence-corrected chi connectivity index (χ2v) is 9.00. The second kappa shape index (κ2) is 7.87. The molecule has 1 aliphatic carbocycles. The highest BCUT2D eigenvalue weighted by Crippen LogP contribution is 2.32. The number of imidazole rings is 1. The van der Waals surface area contributed by atoms with Gasteiger partial charge < -0.3 is 4.57 Å². The molecule has 0 aliphatic heterocycles. The average molecular weight is 483 g/mol. The summed E-state index contributed by atoms with van der Waals surface area (Å²) in [6, 6.07) is 3.89. The minimum atomic E-state index is -4.19. The van der Waals surface area contributed by atoms with Crippen LogP contribution in [0.1, 0.15) is 12.5 Å². The van der Waals surface area contributed by atoms with Crippen molar-refractivity contribution < 1.29 is 18.1 Å². The molecule has 2 heterocycles. The molecule has 0 saturated heterocycles. The number of hydrogen-bond acceptors (Lipinski definition) is 8. The number of fused-ring (bicyclic) bond motifs is 1. The topological polar surface area (TPSA) is 150 Å². The number of non-ortho nitro benzene ring substituents is 1. The van der Waals surface area contributed by atoms with Gasteiger partial charge in [-0.15, -0.1) is 0 Å². The normalized spacial score (nSPS) is 18.4. The number of hydrogen-bond donors (Lipinski definition) is 1. The third-order valence-corrected chi connectivity index (χ3v) is 6.49. The lowest BCUT2D eigenvalue weighted by Gasteiger charge is -2.14. The zero-order chi connectivity index (χ0) is 22.3. The number of nitro benzene ring substituents is 1. The van der Waals surface area contributed by atoms with E-state index in [0.29, 0.717) is 11.2 Å². The maximum atomic E-state index is 12.6. The van der Waals surface area contributed by atoms with Crippen LogP contribution in [0.25, 0.3) is 11.2 Å². The fourth-order valence-electron chi connectivity index (χ4n) is 3.19. The zero-order valence-corrected chi connectivity index (χ0v) is 17.7. The first-order valence-electron chi connectivity index (χ1n) is 8.71. The van der Waals surface area contributed by atoms with Crippen LogP contribution < -0.4 is 4.72 Å². The summed E-state index contributed by atoms with van der Waals surface area (Å²) in [5, 5.41) is 10.8. The summed E-state index contributed by atoms with van der Waals surface area (Å²) in [6.07, 6.45) is 5.06. The quantitative estimate of drug-likeness (QED) is 0.191. The van der Waals surface area contributed by atoms with E-state index in [9.17, 15) is 23.3 Å². The molecule has 160 valence electrons. The Hall–Kier alpha value is -3.09. The lowest BCUT2D eigenvalue weighted by atomic mass is 10.1. The zero-order valence-electron chi connectivity index (χ0n) is 15.3. The van der Waals surface area contributed by atoms with Crippen LogP contribution in [0.5, 0.6) is 0 Å². The van der Waals surface area contributed by atoms with Gasteiger partial charge in [-0.2, -0.15) is 4.98 Å². The van der Waals surface area contributed by atoms with Gasteiger partial charge in [-0.05, 0) is 30.2 Å². The number of nitro groups is 1. The van der Waals surface area contributed by atoms with Crippen molar-refractivity contribution in [2.75, 3.05) is 0 Å². The van der Waals surface area contributed by atoms with Gasteiger partial charge in [-0.3, -0.25) is 14.9 Å². The first-order chi connectivity index (χ1) is 14.7. The van der Waals surface area contributed by atoms with E-state index in [-0.39, 0.29) is 33.5 Å². The fraction of sp³-hybridized carbons (Fsp3) is 0.176. The lowest BCUT2D eigenvalue weighted by molar-refractivity contribution is -0.384. The van der Waals surface area contributed by atoms with Crippen molar-refractivity contribution in [2.45, 2.75) is 17.4 Å². The molecule has 0 unspecified atom stereocenters. The van der Waals surface area contributed by atoms with Crippen LogP contribution in [0.2, 0.25) is 10.4 Å². The van der Waals surface area contributed by atoms with E-state index in [1.807, 2.05) is 4.72 Å². The van der Waals surface area contributed by atoms with Gasteiger partial charge in [0, 0.05) is 12.1 Å². The predicted molar refractivity (Wildman–Crippen MR) is 110 cm³/mol. The number of sulfonamides is 1. The summed E-state index contributed by atoms with van der Waals surface area (Å²) in [5.74, 6) is -1.46. The summed E-state index contributed by atoms with van der Waals surface area (Å²) in [7, 11) is -4.19. The largest absolute Gasteiger partial charge is 0.308 e. The van der Waals surface area contributed by atoms with E-state index in [4.69, 9.17) is 23.2 Å². The first kappa shape index (κ1) is 21.2. The third-order valence-electron chi connectivity index (χ3n) is 4.70. The number of allylic oxidation sites excluding steroid dienone is 1. The molecule has 3 aromatic rings. The molecule has 0 saturated carbocycles. The summed E-state index contributed by atoms with van der Waals surface area (Å²) >= 11 is 11.9. The van der Waals surface area contributed by atoms with Crippen molar-refractivity contribution in [2.24, 2.45) is 5.92 Å². The fourth-order valence-corrected chi connectivity index (χ4v) is 4.64. The Kier molecular flexibility index (Phi) is 5.37. The van der Waals surface area contributed by atoms with Gasteiger partial charge in [0.15, 0.2) is 10.8 Å². The molecule has 0 radical (unpaired) electrons. The Bertz CT molecular complexity index is 1340. The minimum Gasteiger partial charge on any atom is -0.308 e. The van der Waals surface area contributed by atoms with Gasteiger partial charge in [-0.1, -0.05) is 23.8 Å². The summed E-state index contributed by atoms with van der Waals surface area (Å²) < 4.78 is 28.6. The summed E-state index contributed by atoms with van der Waals surface area (Å²) in [4.78, 5) is 34.5. The number of benzene rings is 1. The molecule has 1 N–H and O–H groups in total. The molecule has 2 aromatic heterocycles. The third kappa shape index (κ3) is 4.09. The summed E-state index contributed by atoms with van der Waals surface area (Å²) in [5.41, 5.74) is 0.482. The van der Waals surface area contributed by atoms with Crippen LogP contribution in [0, 0.1) is 16.0 Å². The average Bonchev–Trinajstić information content (AvgIpc) is 3.34. The predicted octanol–water partition coefficient (Wildman–Crippen LogP) is 2.66. The van der Waals surface area contributed by atoms with Crippen LogP contribution in [0.4, 0.5) is 5.69 Å². The van der Waals surface area contributed by atoms with Gasteiger partial charge in [0.25, 0.3) is 15.7 Å². The highest BCUT2D eigenvalue weighted by atomic mass is 35.5. The Morgan fingerprint density at radius 2 is 1.90 bits per heavy atom. The van der Waals surface area contributed by atoms with E-state index in [1.165, 1.54) is 6.33 Å². The molecule has 1 aromatic carbocycles. The first-order valence-corrected chi connectivity index (χ1v) is 10.9. The smallest absolute Gasteiger partial charge is 0.269 e. The Morgan fingerprint density at radius 3 is 2.58 bits per heavy atom. The van der Waals surface area contributed by atoms with Crippen LogP contribution in [-0.2, 0) is 14.8 Å².